The topological polar surface area (TPSA) is 67.6 Å². The summed E-state index contributed by atoms with van der Waals surface area (Å²) in [5.74, 6) is 0.317. The molecule has 0 bridgehead atoms. The van der Waals surface area contributed by atoms with Crippen molar-refractivity contribution in [1.82, 2.24) is 10.2 Å². The van der Waals surface area contributed by atoms with Crippen molar-refractivity contribution in [2.24, 2.45) is 11.7 Å². The van der Waals surface area contributed by atoms with Gasteiger partial charge in [0.25, 0.3) is 0 Å². The van der Waals surface area contributed by atoms with E-state index in [2.05, 4.69) is 10.2 Å². The maximum absolute atomic E-state index is 11.6. The minimum absolute atomic E-state index is 0.102. The van der Waals surface area contributed by atoms with E-state index >= 15 is 0 Å². The molecule has 5 heteroatoms. The lowest BCUT2D eigenvalue weighted by Gasteiger charge is -2.23. The Morgan fingerprint density at radius 3 is 2.62 bits per heavy atom. The van der Waals surface area contributed by atoms with Gasteiger partial charge in [0.1, 0.15) is 5.60 Å². The van der Waals surface area contributed by atoms with Crippen LogP contribution in [-0.2, 0) is 4.74 Å². The van der Waals surface area contributed by atoms with Crippen molar-refractivity contribution in [3.05, 3.63) is 0 Å². The Morgan fingerprint density at radius 1 is 1.50 bits per heavy atom. The van der Waals surface area contributed by atoms with Crippen LogP contribution in [0.3, 0.4) is 0 Å². The summed E-state index contributed by atoms with van der Waals surface area (Å²) in [6, 6.07) is 0.102. The van der Waals surface area contributed by atoms with E-state index in [-0.39, 0.29) is 12.1 Å². The monoisotopic (exact) mass is 229 g/mol. The van der Waals surface area contributed by atoms with Crippen LogP contribution in [0.4, 0.5) is 4.79 Å². The van der Waals surface area contributed by atoms with Gasteiger partial charge in [0, 0.05) is 19.0 Å². The smallest absolute Gasteiger partial charge is 0.407 e. The molecule has 3 N–H and O–H groups in total. The van der Waals surface area contributed by atoms with Gasteiger partial charge in [-0.05, 0) is 34.4 Å². The summed E-state index contributed by atoms with van der Waals surface area (Å²) in [7, 11) is 2.03. The highest BCUT2D eigenvalue weighted by Gasteiger charge is 2.31. The van der Waals surface area contributed by atoms with Gasteiger partial charge in [-0.25, -0.2) is 4.79 Å². The Kier molecular flexibility index (Phi) is 4.15. The lowest BCUT2D eigenvalue weighted by atomic mass is 10.0. The predicted molar refractivity (Wildman–Crippen MR) is 63.2 cm³/mol. The number of nitrogens with two attached hydrogens (primary N) is 1. The molecule has 0 saturated carbocycles. The summed E-state index contributed by atoms with van der Waals surface area (Å²) in [5, 5.41) is 2.88. The fraction of sp³-hybridized carbons (Fsp3) is 0.909. The maximum atomic E-state index is 11.6. The SMILES string of the molecule is CN1C[C@@H](CN)[C@H](NC(=O)OC(C)(C)C)C1. The van der Waals surface area contributed by atoms with Crippen molar-refractivity contribution in [3.63, 3.8) is 0 Å². The standard InChI is InChI=1S/C11H23N3O2/c1-11(2,3)16-10(15)13-9-7-14(4)6-8(9)5-12/h8-9H,5-7,12H2,1-4H3,(H,13,15)/t8-,9-/m1/s1. The Labute approximate surface area is 97.3 Å². The first-order valence-electron chi connectivity index (χ1n) is 5.70. The maximum Gasteiger partial charge on any atom is 0.407 e. The highest BCUT2D eigenvalue weighted by atomic mass is 16.6. The van der Waals surface area contributed by atoms with Gasteiger partial charge in [-0.1, -0.05) is 0 Å². The van der Waals surface area contributed by atoms with E-state index < -0.39 is 5.60 Å². The second-order valence-corrected chi connectivity index (χ2v) is 5.47. The average Bonchev–Trinajstić information content (AvgIpc) is 2.42. The Bertz CT molecular complexity index is 250. The number of carbonyl (C=O) groups excluding carboxylic acids is 1. The number of rotatable bonds is 2. The normalized spacial score (nSPS) is 26.8. The fourth-order valence-corrected chi connectivity index (χ4v) is 1.95. The molecular formula is C11H23N3O2. The molecule has 1 saturated heterocycles. The first kappa shape index (κ1) is 13.3. The van der Waals surface area contributed by atoms with Gasteiger partial charge in [-0.3, -0.25) is 0 Å². The molecule has 0 aromatic heterocycles. The van der Waals surface area contributed by atoms with Crippen LogP contribution in [0, 0.1) is 5.92 Å². The van der Waals surface area contributed by atoms with E-state index in [0.717, 1.165) is 13.1 Å². The van der Waals surface area contributed by atoms with Crippen LogP contribution in [0.1, 0.15) is 20.8 Å². The van der Waals surface area contributed by atoms with Crippen molar-refractivity contribution in [2.45, 2.75) is 32.4 Å². The van der Waals surface area contributed by atoms with Gasteiger partial charge in [-0.2, -0.15) is 0 Å². The third-order valence-electron chi connectivity index (χ3n) is 2.63. The number of carbonyl (C=O) groups is 1. The molecule has 0 radical (unpaired) electrons. The van der Waals surface area contributed by atoms with Gasteiger partial charge >= 0.3 is 6.09 Å². The van der Waals surface area contributed by atoms with Crippen LogP contribution in [0.25, 0.3) is 0 Å². The van der Waals surface area contributed by atoms with Gasteiger partial charge in [0.05, 0.1) is 6.04 Å². The van der Waals surface area contributed by atoms with E-state index in [4.69, 9.17) is 10.5 Å². The minimum Gasteiger partial charge on any atom is -0.444 e. The Hall–Kier alpha value is -0.810. The van der Waals surface area contributed by atoms with Crippen LogP contribution in [0.2, 0.25) is 0 Å². The van der Waals surface area contributed by atoms with Crippen LogP contribution in [-0.4, -0.2) is 49.3 Å². The van der Waals surface area contributed by atoms with E-state index in [1.807, 2.05) is 27.8 Å². The zero-order chi connectivity index (χ0) is 12.3. The molecule has 16 heavy (non-hydrogen) atoms. The number of hydrogen-bond acceptors (Lipinski definition) is 4. The summed E-state index contributed by atoms with van der Waals surface area (Å²) < 4.78 is 5.22. The van der Waals surface area contributed by atoms with E-state index in [1.165, 1.54) is 0 Å². The summed E-state index contributed by atoms with van der Waals surface area (Å²) in [6.07, 6.45) is -0.355. The molecule has 0 aliphatic carbocycles. The average molecular weight is 229 g/mol. The van der Waals surface area contributed by atoms with Crippen molar-refractivity contribution in [3.8, 4) is 0 Å². The van der Waals surface area contributed by atoms with E-state index in [9.17, 15) is 4.79 Å². The first-order chi connectivity index (χ1) is 7.31. The molecular weight excluding hydrogens is 206 g/mol. The molecule has 0 spiro atoms. The molecule has 1 rings (SSSR count). The van der Waals surface area contributed by atoms with Crippen molar-refractivity contribution >= 4 is 6.09 Å². The third-order valence-corrected chi connectivity index (χ3v) is 2.63. The molecule has 1 amide bonds. The molecule has 94 valence electrons. The van der Waals surface area contributed by atoms with Gasteiger partial charge in [-0.15, -0.1) is 0 Å². The molecule has 0 aromatic rings. The largest absolute Gasteiger partial charge is 0.444 e. The quantitative estimate of drug-likeness (QED) is 0.719. The number of amides is 1. The predicted octanol–water partition coefficient (Wildman–Crippen LogP) is 0.400. The number of hydrogen-bond donors (Lipinski definition) is 2. The van der Waals surface area contributed by atoms with E-state index in [1.54, 1.807) is 0 Å². The lowest BCUT2D eigenvalue weighted by Crippen LogP contribution is -2.44. The zero-order valence-electron chi connectivity index (χ0n) is 10.6. The number of likely N-dealkylation sites (tertiary alicyclic amines) is 1. The third kappa shape index (κ3) is 3.98. The molecule has 2 atom stereocenters. The van der Waals surface area contributed by atoms with Gasteiger partial charge < -0.3 is 20.7 Å². The lowest BCUT2D eigenvalue weighted by molar-refractivity contribution is 0.0497. The van der Waals surface area contributed by atoms with Gasteiger partial charge in [0.2, 0.25) is 0 Å². The highest BCUT2D eigenvalue weighted by molar-refractivity contribution is 5.68. The van der Waals surface area contributed by atoms with Crippen LogP contribution >= 0.6 is 0 Å². The summed E-state index contributed by atoms with van der Waals surface area (Å²) in [5.41, 5.74) is 5.22. The molecule has 0 aromatic carbocycles. The van der Waals surface area contributed by atoms with Crippen LogP contribution < -0.4 is 11.1 Å². The highest BCUT2D eigenvalue weighted by Crippen LogP contribution is 2.15. The van der Waals surface area contributed by atoms with Gasteiger partial charge in [0.15, 0.2) is 0 Å². The number of nitrogens with zero attached hydrogens (tertiary/aromatic N) is 1. The van der Waals surface area contributed by atoms with E-state index in [0.29, 0.717) is 12.5 Å². The zero-order valence-corrected chi connectivity index (χ0v) is 10.6. The van der Waals surface area contributed by atoms with Crippen molar-refractivity contribution in [2.75, 3.05) is 26.7 Å². The summed E-state index contributed by atoms with van der Waals surface area (Å²) >= 11 is 0. The molecule has 1 heterocycles. The van der Waals surface area contributed by atoms with Crippen LogP contribution in [0.15, 0.2) is 0 Å². The first-order valence-corrected chi connectivity index (χ1v) is 5.70. The molecule has 1 aliphatic rings. The molecule has 5 nitrogen and oxygen atoms in total. The molecule has 0 unspecified atom stereocenters. The molecule has 1 aliphatic heterocycles. The Balaban J connectivity index is 2.44. The number of ether oxygens (including phenoxy) is 1. The minimum atomic E-state index is -0.452. The second-order valence-electron chi connectivity index (χ2n) is 5.47. The van der Waals surface area contributed by atoms with Crippen molar-refractivity contribution < 1.29 is 9.53 Å². The number of alkyl carbamates (subject to hydrolysis) is 1. The van der Waals surface area contributed by atoms with Crippen molar-refractivity contribution in [1.29, 1.82) is 0 Å². The fourth-order valence-electron chi connectivity index (χ4n) is 1.95. The number of nitrogens with one attached hydrogen (secondary N) is 1. The molecule has 1 fully saturated rings. The summed E-state index contributed by atoms with van der Waals surface area (Å²) in [6.45, 7) is 7.91. The number of likely N-dealkylation sites (N-methyl/N-ethyl adjacent to an activating group) is 1. The Morgan fingerprint density at radius 2 is 2.12 bits per heavy atom. The summed E-state index contributed by atoms with van der Waals surface area (Å²) in [4.78, 5) is 13.8. The second kappa shape index (κ2) is 5.01. The van der Waals surface area contributed by atoms with Crippen LogP contribution in [0.5, 0.6) is 0 Å².